The lowest BCUT2D eigenvalue weighted by atomic mass is 10.0. The maximum absolute atomic E-state index is 12.2. The molecule has 0 unspecified atom stereocenters. The van der Waals surface area contributed by atoms with Crippen LogP contribution in [0.1, 0.15) is 11.3 Å². The number of hydrogen-bond acceptors (Lipinski definition) is 2. The van der Waals surface area contributed by atoms with E-state index in [2.05, 4.69) is 23.2 Å². The molecule has 4 aromatic rings. The molecule has 0 amide bonds. The van der Waals surface area contributed by atoms with Gasteiger partial charge in [-0.2, -0.15) is 0 Å². The Morgan fingerprint density at radius 1 is 0.875 bits per heavy atom. The summed E-state index contributed by atoms with van der Waals surface area (Å²) in [7, 11) is 0. The normalized spacial score (nSPS) is 11.0. The second kappa shape index (κ2) is 5.74. The lowest BCUT2D eigenvalue weighted by Gasteiger charge is -2.05. The summed E-state index contributed by atoms with van der Waals surface area (Å²) in [5.74, 6) is -0.0423. The summed E-state index contributed by atoms with van der Waals surface area (Å²) < 4.78 is 1.29. The van der Waals surface area contributed by atoms with Gasteiger partial charge in [0.1, 0.15) is 0 Å². The average Bonchev–Trinajstić information content (AvgIpc) is 2.89. The highest BCUT2D eigenvalue weighted by Gasteiger charge is 2.14. The molecule has 1 aromatic heterocycles. The van der Waals surface area contributed by atoms with Crippen LogP contribution in [-0.2, 0) is 6.42 Å². The Morgan fingerprint density at radius 3 is 2.38 bits per heavy atom. The van der Waals surface area contributed by atoms with Crippen molar-refractivity contribution in [2.24, 2.45) is 0 Å². The number of H-pyrrole nitrogens is 1. The van der Waals surface area contributed by atoms with Gasteiger partial charge in [0.2, 0.25) is 5.88 Å². The number of aromatic amines is 1. The number of imidazole rings is 1. The Hall–Kier alpha value is -3.27. The van der Waals surface area contributed by atoms with Gasteiger partial charge in [-0.25, -0.2) is 9.36 Å². The molecule has 3 aromatic carbocycles. The van der Waals surface area contributed by atoms with Crippen molar-refractivity contribution in [3.63, 3.8) is 0 Å². The van der Waals surface area contributed by atoms with Crippen LogP contribution >= 0.6 is 0 Å². The maximum atomic E-state index is 12.2. The highest BCUT2D eigenvalue weighted by Crippen LogP contribution is 2.23. The van der Waals surface area contributed by atoms with E-state index in [-0.39, 0.29) is 11.6 Å². The van der Waals surface area contributed by atoms with Gasteiger partial charge in [0.05, 0.1) is 11.4 Å². The number of rotatable bonds is 3. The summed E-state index contributed by atoms with van der Waals surface area (Å²) in [6.45, 7) is 0. The number of nitrogens with zero attached hydrogens (tertiary/aromatic N) is 1. The maximum Gasteiger partial charge on any atom is 0.333 e. The van der Waals surface area contributed by atoms with E-state index >= 15 is 0 Å². The van der Waals surface area contributed by atoms with Gasteiger partial charge in [-0.3, -0.25) is 0 Å². The monoisotopic (exact) mass is 316 g/mol. The Labute approximate surface area is 138 Å². The quantitative estimate of drug-likeness (QED) is 0.606. The zero-order chi connectivity index (χ0) is 16.5. The summed E-state index contributed by atoms with van der Waals surface area (Å²) in [6.07, 6.45) is 0.464. The highest BCUT2D eigenvalue weighted by atomic mass is 16.3. The molecule has 1 heterocycles. The van der Waals surface area contributed by atoms with Crippen molar-refractivity contribution in [3.8, 4) is 11.6 Å². The minimum Gasteiger partial charge on any atom is -0.493 e. The topological polar surface area (TPSA) is 58.0 Å². The lowest BCUT2D eigenvalue weighted by molar-refractivity contribution is 0.435. The third-order valence-corrected chi connectivity index (χ3v) is 4.15. The van der Waals surface area contributed by atoms with Crippen LogP contribution in [-0.4, -0.2) is 14.7 Å². The van der Waals surface area contributed by atoms with Gasteiger partial charge < -0.3 is 10.1 Å². The van der Waals surface area contributed by atoms with E-state index in [0.29, 0.717) is 17.8 Å². The van der Waals surface area contributed by atoms with Gasteiger partial charge in [-0.05, 0) is 28.5 Å². The van der Waals surface area contributed by atoms with Gasteiger partial charge in [0.25, 0.3) is 0 Å². The van der Waals surface area contributed by atoms with Crippen molar-refractivity contribution in [2.75, 3.05) is 0 Å². The van der Waals surface area contributed by atoms with Gasteiger partial charge >= 0.3 is 5.69 Å². The predicted molar refractivity (Wildman–Crippen MR) is 94.8 cm³/mol. The van der Waals surface area contributed by atoms with Crippen LogP contribution in [0.5, 0.6) is 5.88 Å². The van der Waals surface area contributed by atoms with Crippen LogP contribution in [0.25, 0.3) is 16.5 Å². The van der Waals surface area contributed by atoms with E-state index in [1.165, 1.54) is 9.95 Å². The van der Waals surface area contributed by atoms with Crippen molar-refractivity contribution >= 4 is 10.8 Å². The molecular formula is C20H16N2O2. The Balaban J connectivity index is 1.73. The van der Waals surface area contributed by atoms with Crippen LogP contribution < -0.4 is 5.69 Å². The zero-order valence-corrected chi connectivity index (χ0v) is 12.9. The largest absolute Gasteiger partial charge is 0.493 e. The lowest BCUT2D eigenvalue weighted by Crippen LogP contribution is -2.14. The van der Waals surface area contributed by atoms with Crippen LogP contribution in [0.3, 0.4) is 0 Å². The molecule has 2 N–H and O–H groups in total. The SMILES string of the molecule is O=c1[nH]c(Cc2ccc3ccccc3c2)c(O)n1-c1ccccc1. The molecule has 0 aliphatic carbocycles. The molecule has 0 fully saturated rings. The standard InChI is InChI=1S/C20H16N2O2/c23-19-18(21-20(24)22(19)17-8-2-1-3-9-17)13-14-10-11-15-6-4-5-7-16(15)12-14/h1-12,23H,13H2,(H,21,24). The van der Waals surface area contributed by atoms with E-state index in [9.17, 15) is 9.90 Å². The van der Waals surface area contributed by atoms with Crippen molar-refractivity contribution in [1.82, 2.24) is 9.55 Å². The number of benzene rings is 3. The van der Waals surface area contributed by atoms with E-state index in [4.69, 9.17) is 0 Å². The van der Waals surface area contributed by atoms with E-state index < -0.39 is 0 Å². The smallest absolute Gasteiger partial charge is 0.333 e. The predicted octanol–water partition coefficient (Wildman–Crippen LogP) is 3.62. The first-order chi connectivity index (χ1) is 11.7. The van der Waals surface area contributed by atoms with Gasteiger partial charge in [0.15, 0.2) is 0 Å². The summed E-state index contributed by atoms with van der Waals surface area (Å²) in [4.78, 5) is 15.0. The molecule has 0 spiro atoms. The molecule has 0 saturated heterocycles. The summed E-state index contributed by atoms with van der Waals surface area (Å²) in [6, 6.07) is 23.4. The Kier molecular flexibility index (Phi) is 3.43. The van der Waals surface area contributed by atoms with Crippen molar-refractivity contribution in [3.05, 3.63) is 94.5 Å². The number of para-hydroxylation sites is 1. The highest BCUT2D eigenvalue weighted by molar-refractivity contribution is 5.83. The summed E-state index contributed by atoms with van der Waals surface area (Å²) in [5.41, 5.74) is 1.85. The number of fused-ring (bicyclic) bond motifs is 1. The van der Waals surface area contributed by atoms with Gasteiger partial charge in [0, 0.05) is 6.42 Å². The molecule has 0 radical (unpaired) electrons. The van der Waals surface area contributed by atoms with Gasteiger partial charge in [-0.1, -0.05) is 60.7 Å². The minimum absolute atomic E-state index is 0.0423. The van der Waals surface area contributed by atoms with E-state index in [0.717, 1.165) is 10.9 Å². The van der Waals surface area contributed by atoms with E-state index in [1.807, 2.05) is 42.5 Å². The molecule has 0 aliphatic heterocycles. The average molecular weight is 316 g/mol. The van der Waals surface area contributed by atoms with Crippen LogP contribution in [0.15, 0.2) is 77.6 Å². The fourth-order valence-corrected chi connectivity index (χ4v) is 2.96. The van der Waals surface area contributed by atoms with Crippen molar-refractivity contribution < 1.29 is 5.11 Å². The molecule has 0 aliphatic rings. The Morgan fingerprint density at radius 2 is 1.58 bits per heavy atom. The Bertz CT molecular complexity index is 1060. The minimum atomic E-state index is -0.338. The molecule has 118 valence electrons. The molecule has 4 heteroatoms. The number of nitrogens with one attached hydrogen (secondary N) is 1. The molecule has 24 heavy (non-hydrogen) atoms. The second-order valence-corrected chi connectivity index (χ2v) is 5.76. The third kappa shape index (κ3) is 2.48. The van der Waals surface area contributed by atoms with Crippen LogP contribution in [0, 0.1) is 0 Å². The molecular weight excluding hydrogens is 300 g/mol. The molecule has 0 bridgehead atoms. The first-order valence-corrected chi connectivity index (χ1v) is 7.78. The number of aromatic hydroxyl groups is 1. The molecule has 0 saturated carbocycles. The third-order valence-electron chi connectivity index (χ3n) is 4.15. The van der Waals surface area contributed by atoms with E-state index in [1.54, 1.807) is 12.1 Å². The zero-order valence-electron chi connectivity index (χ0n) is 12.9. The number of hydrogen-bond donors (Lipinski definition) is 2. The molecule has 0 atom stereocenters. The van der Waals surface area contributed by atoms with Crippen molar-refractivity contribution in [1.29, 1.82) is 0 Å². The molecule has 4 rings (SSSR count). The second-order valence-electron chi connectivity index (χ2n) is 5.76. The first-order valence-electron chi connectivity index (χ1n) is 7.78. The fraction of sp³-hybridized carbons (Fsp3) is 0.0500. The summed E-state index contributed by atoms with van der Waals surface area (Å²) in [5, 5.41) is 12.8. The van der Waals surface area contributed by atoms with Crippen LogP contribution in [0.4, 0.5) is 0 Å². The van der Waals surface area contributed by atoms with Crippen LogP contribution in [0.2, 0.25) is 0 Å². The molecule has 4 nitrogen and oxygen atoms in total. The van der Waals surface area contributed by atoms with Crippen molar-refractivity contribution in [2.45, 2.75) is 6.42 Å². The fourth-order valence-electron chi connectivity index (χ4n) is 2.96. The van der Waals surface area contributed by atoms with Gasteiger partial charge in [-0.15, -0.1) is 0 Å². The number of aromatic nitrogens is 2. The first kappa shape index (κ1) is 14.3. The summed E-state index contributed by atoms with van der Waals surface area (Å²) >= 11 is 0.